The van der Waals surface area contributed by atoms with Gasteiger partial charge in [0.25, 0.3) is 5.79 Å². The van der Waals surface area contributed by atoms with Crippen molar-refractivity contribution in [3.63, 3.8) is 0 Å². The predicted octanol–water partition coefficient (Wildman–Crippen LogP) is -0.440. The van der Waals surface area contributed by atoms with Crippen LogP contribution in [0.5, 0.6) is 0 Å². The van der Waals surface area contributed by atoms with Gasteiger partial charge in [-0.15, -0.1) is 0 Å². The molecular weight excluding hydrogens is 157 g/mol. The van der Waals surface area contributed by atoms with Gasteiger partial charge in [-0.3, -0.25) is 10.5 Å². The highest BCUT2D eigenvalue weighted by Crippen LogP contribution is 2.10. The maximum absolute atomic E-state index is 12.5. The molecule has 0 aromatic carbocycles. The van der Waals surface area contributed by atoms with Crippen LogP contribution in [-0.4, -0.2) is 27.9 Å². The van der Waals surface area contributed by atoms with Crippen molar-refractivity contribution in [2.75, 3.05) is 0 Å². The summed E-state index contributed by atoms with van der Waals surface area (Å²) >= 11 is 0. The highest BCUT2D eigenvalue weighted by atomic mass is 19.1. The predicted molar refractivity (Wildman–Crippen MR) is 32.5 cm³/mol. The lowest BCUT2D eigenvalue weighted by Gasteiger charge is -2.12. The van der Waals surface area contributed by atoms with E-state index in [0.717, 1.165) is 0 Å². The van der Waals surface area contributed by atoms with Crippen molar-refractivity contribution in [2.24, 2.45) is 5.73 Å². The molecule has 5 nitrogen and oxygen atoms in total. The number of carboxylic acid groups (broad SMARTS) is 2. The fourth-order valence-corrected chi connectivity index (χ4v) is 0.396. The topological polar surface area (TPSA) is 101 Å². The number of hydrogen-bond acceptors (Lipinski definition) is 3. The van der Waals surface area contributed by atoms with E-state index in [1.165, 1.54) is 0 Å². The molecule has 0 aliphatic heterocycles. The second kappa shape index (κ2) is 3.29. The molecule has 1 atom stereocenters. The van der Waals surface area contributed by atoms with Crippen molar-refractivity contribution >= 4 is 11.9 Å². The molecule has 0 heterocycles. The maximum Gasteiger partial charge on any atom is 0.356 e. The van der Waals surface area contributed by atoms with E-state index < -0.39 is 30.6 Å². The van der Waals surface area contributed by atoms with E-state index in [2.05, 4.69) is 5.73 Å². The van der Waals surface area contributed by atoms with Crippen LogP contribution in [0, 0.1) is 0 Å². The summed E-state index contributed by atoms with van der Waals surface area (Å²) in [5, 5.41) is 16.1. The second-order valence-electron chi connectivity index (χ2n) is 2.06. The van der Waals surface area contributed by atoms with E-state index >= 15 is 0 Å². The molecule has 0 aliphatic rings. The third-order valence-corrected chi connectivity index (χ3v) is 1.06. The fourth-order valence-electron chi connectivity index (χ4n) is 0.396. The van der Waals surface area contributed by atoms with E-state index in [0.29, 0.717) is 0 Å². The normalized spacial score (nSPS) is 15.5. The number of hydrogen-bond donors (Lipinski definition) is 3. The molecular formula is C5H8FNO4. The van der Waals surface area contributed by atoms with Crippen molar-refractivity contribution in [3.05, 3.63) is 0 Å². The summed E-state index contributed by atoms with van der Waals surface area (Å²) in [4.78, 5) is 19.8. The average Bonchev–Trinajstić information content (AvgIpc) is 1.84. The van der Waals surface area contributed by atoms with Crippen LogP contribution in [0.4, 0.5) is 4.39 Å². The molecule has 0 aliphatic carbocycles. The largest absolute Gasteiger partial charge is 0.481 e. The second-order valence-corrected chi connectivity index (χ2v) is 2.06. The van der Waals surface area contributed by atoms with E-state index in [9.17, 15) is 14.0 Å². The summed E-state index contributed by atoms with van der Waals surface area (Å²) in [6.45, 7) is 0. The lowest BCUT2D eigenvalue weighted by molar-refractivity contribution is -0.152. The third kappa shape index (κ3) is 3.51. The summed E-state index contributed by atoms with van der Waals surface area (Å²) in [6.07, 6.45) is -1.32. The SMILES string of the molecule is N[C@](F)(CCC(=O)O)C(=O)O. The molecule has 0 aromatic heterocycles. The van der Waals surface area contributed by atoms with Crippen LogP contribution in [0.3, 0.4) is 0 Å². The molecule has 0 spiro atoms. The molecule has 0 unspecified atom stereocenters. The molecule has 0 aromatic rings. The van der Waals surface area contributed by atoms with Gasteiger partial charge in [0.1, 0.15) is 0 Å². The zero-order valence-corrected chi connectivity index (χ0v) is 5.58. The van der Waals surface area contributed by atoms with Gasteiger partial charge in [0.2, 0.25) is 0 Å². The Balaban J connectivity index is 3.92. The summed E-state index contributed by atoms with van der Waals surface area (Å²) in [7, 11) is 0. The number of carboxylic acids is 2. The van der Waals surface area contributed by atoms with Gasteiger partial charge in [-0.25, -0.2) is 9.18 Å². The number of alkyl halides is 1. The Morgan fingerprint density at radius 3 is 2.18 bits per heavy atom. The smallest absolute Gasteiger partial charge is 0.356 e. The van der Waals surface area contributed by atoms with E-state index in [1.54, 1.807) is 0 Å². The minimum Gasteiger partial charge on any atom is -0.481 e. The van der Waals surface area contributed by atoms with Crippen LogP contribution in [0.15, 0.2) is 0 Å². The summed E-state index contributed by atoms with van der Waals surface area (Å²) in [6, 6.07) is 0. The highest BCUT2D eigenvalue weighted by molar-refractivity contribution is 5.77. The molecule has 4 N–H and O–H groups in total. The highest BCUT2D eigenvalue weighted by Gasteiger charge is 2.33. The van der Waals surface area contributed by atoms with Crippen molar-refractivity contribution in [3.8, 4) is 0 Å². The van der Waals surface area contributed by atoms with E-state index in [-0.39, 0.29) is 0 Å². The minimum absolute atomic E-state index is 0.598. The Morgan fingerprint density at radius 1 is 1.45 bits per heavy atom. The van der Waals surface area contributed by atoms with Crippen LogP contribution in [0.25, 0.3) is 0 Å². The molecule has 0 fully saturated rings. The first-order valence-corrected chi connectivity index (χ1v) is 2.79. The number of halogens is 1. The Bertz CT molecular complexity index is 179. The Kier molecular flexibility index (Phi) is 2.94. The summed E-state index contributed by atoms with van der Waals surface area (Å²) in [5.41, 5.74) is 4.58. The average molecular weight is 165 g/mol. The monoisotopic (exact) mass is 165 g/mol. The third-order valence-electron chi connectivity index (χ3n) is 1.06. The first kappa shape index (κ1) is 9.83. The Morgan fingerprint density at radius 2 is 1.91 bits per heavy atom. The molecule has 11 heavy (non-hydrogen) atoms. The molecule has 0 bridgehead atoms. The van der Waals surface area contributed by atoms with Crippen molar-refractivity contribution in [1.29, 1.82) is 0 Å². The van der Waals surface area contributed by atoms with Crippen LogP contribution >= 0.6 is 0 Å². The van der Waals surface area contributed by atoms with Gasteiger partial charge >= 0.3 is 11.9 Å². The van der Waals surface area contributed by atoms with Crippen LogP contribution in [0.2, 0.25) is 0 Å². The van der Waals surface area contributed by atoms with Gasteiger partial charge in [0.15, 0.2) is 0 Å². The molecule has 0 saturated heterocycles. The van der Waals surface area contributed by atoms with E-state index in [1.807, 2.05) is 0 Å². The number of rotatable bonds is 4. The molecule has 6 heteroatoms. The Labute approximate surface area is 61.6 Å². The first-order chi connectivity index (χ1) is 4.86. The fraction of sp³-hybridized carbons (Fsp3) is 0.600. The summed E-state index contributed by atoms with van der Waals surface area (Å²) in [5.74, 6) is -6.06. The lowest BCUT2D eigenvalue weighted by atomic mass is 10.1. The molecule has 0 rings (SSSR count). The zero-order valence-electron chi connectivity index (χ0n) is 5.58. The van der Waals surface area contributed by atoms with Gasteiger partial charge < -0.3 is 10.2 Å². The van der Waals surface area contributed by atoms with Gasteiger partial charge in [0, 0.05) is 6.42 Å². The maximum atomic E-state index is 12.5. The molecule has 0 saturated carbocycles. The molecule has 0 radical (unpaired) electrons. The standard InChI is InChI=1S/C5H8FNO4/c6-5(7,4(10)11)2-1-3(8)9/h1-2,7H2,(H,8,9)(H,10,11)/t5-/m1/s1. The van der Waals surface area contributed by atoms with E-state index in [4.69, 9.17) is 10.2 Å². The Hall–Kier alpha value is -1.17. The van der Waals surface area contributed by atoms with Crippen LogP contribution in [0.1, 0.15) is 12.8 Å². The zero-order chi connectivity index (χ0) is 9.07. The number of aliphatic carboxylic acids is 2. The first-order valence-electron chi connectivity index (χ1n) is 2.79. The lowest BCUT2D eigenvalue weighted by Crippen LogP contribution is -2.43. The van der Waals surface area contributed by atoms with Gasteiger partial charge in [-0.05, 0) is 0 Å². The van der Waals surface area contributed by atoms with Crippen molar-refractivity contribution in [1.82, 2.24) is 0 Å². The number of nitrogens with two attached hydrogens (primary N) is 1. The molecule has 0 amide bonds. The minimum atomic E-state index is -2.93. The number of carbonyl (C=O) groups is 2. The van der Waals surface area contributed by atoms with Gasteiger partial charge in [-0.2, -0.15) is 0 Å². The summed E-state index contributed by atoms with van der Waals surface area (Å²) < 4.78 is 12.5. The van der Waals surface area contributed by atoms with Gasteiger partial charge in [0.05, 0.1) is 6.42 Å². The molecule has 64 valence electrons. The quantitative estimate of drug-likeness (QED) is 0.490. The van der Waals surface area contributed by atoms with Crippen LogP contribution in [-0.2, 0) is 9.59 Å². The van der Waals surface area contributed by atoms with Crippen molar-refractivity contribution < 1.29 is 24.2 Å². The van der Waals surface area contributed by atoms with Crippen molar-refractivity contribution in [2.45, 2.75) is 18.6 Å². The van der Waals surface area contributed by atoms with Gasteiger partial charge in [-0.1, -0.05) is 0 Å². The van der Waals surface area contributed by atoms with Crippen LogP contribution < -0.4 is 5.73 Å².